The van der Waals surface area contributed by atoms with Gasteiger partial charge in [-0.25, -0.2) is 13.4 Å². The molecule has 7 nitrogen and oxygen atoms in total. The Labute approximate surface area is 143 Å². The molecule has 1 heterocycles. The maximum absolute atomic E-state index is 12.6. The number of hydrogen-bond acceptors (Lipinski definition) is 6. The first-order valence-corrected chi connectivity index (χ1v) is 9.37. The highest BCUT2D eigenvalue weighted by molar-refractivity contribution is 7.93. The standard InChI is InChI=1S/C15H17N3O4S2/c1-2-13(11-5-3-10(8-16)4-6-11)24(21,22)18-15-17-12(9-23-15)7-14(19)20/h2-6,9,13H,1,7-8,16H2,(H,17,18)(H,19,20). The molecule has 0 saturated heterocycles. The third-order valence-electron chi connectivity index (χ3n) is 3.21. The Morgan fingerprint density at radius 3 is 2.62 bits per heavy atom. The van der Waals surface area contributed by atoms with Gasteiger partial charge in [0.1, 0.15) is 5.25 Å². The lowest BCUT2D eigenvalue weighted by molar-refractivity contribution is -0.136. The van der Waals surface area contributed by atoms with E-state index < -0.39 is 21.2 Å². The maximum Gasteiger partial charge on any atom is 0.309 e. The highest BCUT2D eigenvalue weighted by Gasteiger charge is 2.25. The number of anilines is 1. The smallest absolute Gasteiger partial charge is 0.309 e. The van der Waals surface area contributed by atoms with Gasteiger partial charge in [-0.1, -0.05) is 30.3 Å². The molecule has 9 heteroatoms. The van der Waals surface area contributed by atoms with Crippen LogP contribution < -0.4 is 10.5 Å². The molecule has 0 radical (unpaired) electrons. The van der Waals surface area contributed by atoms with Crippen LogP contribution in [-0.2, 0) is 27.8 Å². The van der Waals surface area contributed by atoms with Gasteiger partial charge >= 0.3 is 5.97 Å². The zero-order valence-electron chi connectivity index (χ0n) is 12.7. The molecule has 0 aliphatic heterocycles. The van der Waals surface area contributed by atoms with Gasteiger partial charge < -0.3 is 10.8 Å². The van der Waals surface area contributed by atoms with Crippen LogP contribution in [0.25, 0.3) is 0 Å². The molecule has 1 unspecified atom stereocenters. The molecule has 0 fully saturated rings. The highest BCUT2D eigenvalue weighted by atomic mass is 32.2. The number of sulfonamides is 1. The number of rotatable bonds is 8. The predicted molar refractivity (Wildman–Crippen MR) is 93.3 cm³/mol. The molecule has 2 aromatic rings. The fourth-order valence-electron chi connectivity index (χ4n) is 2.06. The summed E-state index contributed by atoms with van der Waals surface area (Å²) in [5.74, 6) is -1.03. The van der Waals surface area contributed by atoms with Crippen molar-refractivity contribution >= 4 is 32.5 Å². The van der Waals surface area contributed by atoms with Gasteiger partial charge in [0.2, 0.25) is 10.0 Å². The summed E-state index contributed by atoms with van der Waals surface area (Å²) in [6.45, 7) is 3.96. The van der Waals surface area contributed by atoms with E-state index in [1.165, 1.54) is 11.5 Å². The van der Waals surface area contributed by atoms with Gasteiger partial charge in [0.05, 0.1) is 12.1 Å². The second kappa shape index (κ2) is 7.56. The van der Waals surface area contributed by atoms with Crippen molar-refractivity contribution in [2.75, 3.05) is 4.72 Å². The minimum atomic E-state index is -3.81. The lowest BCUT2D eigenvalue weighted by Gasteiger charge is -2.15. The van der Waals surface area contributed by atoms with Gasteiger partial charge in [0.25, 0.3) is 0 Å². The molecular weight excluding hydrogens is 350 g/mol. The maximum atomic E-state index is 12.6. The second-order valence-corrected chi connectivity index (χ2v) is 7.62. The Hall–Kier alpha value is -2.23. The molecule has 24 heavy (non-hydrogen) atoms. The van der Waals surface area contributed by atoms with Crippen molar-refractivity contribution < 1.29 is 18.3 Å². The van der Waals surface area contributed by atoms with Crippen LogP contribution in [0.2, 0.25) is 0 Å². The fraction of sp³-hybridized carbons (Fsp3) is 0.200. The molecule has 0 bridgehead atoms. The van der Waals surface area contributed by atoms with Crippen molar-refractivity contribution in [2.45, 2.75) is 18.2 Å². The van der Waals surface area contributed by atoms with Crippen molar-refractivity contribution in [1.29, 1.82) is 0 Å². The van der Waals surface area contributed by atoms with E-state index in [0.29, 0.717) is 17.8 Å². The number of nitrogens with one attached hydrogen (secondary N) is 1. The molecule has 2 rings (SSSR count). The number of carboxylic acid groups (broad SMARTS) is 1. The number of carbonyl (C=O) groups is 1. The van der Waals surface area contributed by atoms with E-state index in [4.69, 9.17) is 10.8 Å². The molecule has 1 atom stereocenters. The van der Waals surface area contributed by atoms with Gasteiger partial charge in [-0.15, -0.1) is 17.9 Å². The highest BCUT2D eigenvalue weighted by Crippen LogP contribution is 2.27. The van der Waals surface area contributed by atoms with Gasteiger partial charge in [-0.2, -0.15) is 0 Å². The number of nitrogens with zero attached hydrogens (tertiary/aromatic N) is 1. The van der Waals surface area contributed by atoms with E-state index in [2.05, 4.69) is 16.3 Å². The molecule has 128 valence electrons. The summed E-state index contributed by atoms with van der Waals surface area (Å²) in [5, 5.41) is 9.40. The topological polar surface area (TPSA) is 122 Å². The molecule has 0 aliphatic rings. The largest absolute Gasteiger partial charge is 0.481 e. The van der Waals surface area contributed by atoms with Crippen LogP contribution in [0.1, 0.15) is 22.1 Å². The second-order valence-electron chi connectivity index (χ2n) is 4.96. The van der Waals surface area contributed by atoms with Gasteiger partial charge in [0.15, 0.2) is 5.13 Å². The fourth-order valence-corrected chi connectivity index (χ4v) is 4.34. The van der Waals surface area contributed by atoms with Crippen LogP contribution in [0.15, 0.2) is 42.3 Å². The van der Waals surface area contributed by atoms with Gasteiger partial charge in [-0.05, 0) is 11.1 Å². The van der Waals surface area contributed by atoms with Crippen LogP contribution in [0, 0.1) is 0 Å². The number of nitrogens with two attached hydrogens (primary N) is 1. The Bertz CT molecular complexity index is 829. The van der Waals surface area contributed by atoms with Crippen molar-refractivity contribution in [3.05, 3.63) is 59.1 Å². The average molecular weight is 367 g/mol. The van der Waals surface area contributed by atoms with E-state index in [0.717, 1.165) is 16.9 Å². The van der Waals surface area contributed by atoms with Crippen LogP contribution in [0.4, 0.5) is 5.13 Å². The van der Waals surface area contributed by atoms with E-state index in [1.807, 2.05) is 0 Å². The van der Waals surface area contributed by atoms with Gasteiger partial charge in [0, 0.05) is 11.9 Å². The first-order chi connectivity index (χ1) is 11.4. The molecule has 1 aromatic heterocycles. The number of carboxylic acids is 1. The minimum Gasteiger partial charge on any atom is -0.481 e. The van der Waals surface area contributed by atoms with Crippen molar-refractivity contribution in [2.24, 2.45) is 5.73 Å². The summed E-state index contributed by atoms with van der Waals surface area (Å²) < 4.78 is 27.5. The third-order valence-corrected chi connectivity index (χ3v) is 5.75. The van der Waals surface area contributed by atoms with Crippen LogP contribution in [-0.4, -0.2) is 24.5 Å². The lowest BCUT2D eigenvalue weighted by atomic mass is 10.1. The SMILES string of the molecule is C=CC(c1ccc(CN)cc1)S(=O)(=O)Nc1nc(CC(=O)O)cs1. The minimum absolute atomic E-state index is 0.122. The monoisotopic (exact) mass is 367 g/mol. The zero-order chi connectivity index (χ0) is 17.7. The molecule has 0 amide bonds. The summed E-state index contributed by atoms with van der Waals surface area (Å²) in [6.07, 6.45) is 1.06. The quantitative estimate of drug-likeness (QED) is 0.613. The summed E-state index contributed by atoms with van der Waals surface area (Å²) in [4.78, 5) is 14.6. The molecule has 4 N–H and O–H groups in total. The Balaban J connectivity index is 2.21. The Morgan fingerprint density at radius 2 is 2.08 bits per heavy atom. The van der Waals surface area contributed by atoms with Crippen LogP contribution in [0.5, 0.6) is 0 Å². The number of hydrogen-bond donors (Lipinski definition) is 3. The molecular formula is C15H17N3O4S2. The van der Waals surface area contributed by atoms with Crippen LogP contribution >= 0.6 is 11.3 Å². The van der Waals surface area contributed by atoms with E-state index in [9.17, 15) is 13.2 Å². The number of thiazole rings is 1. The van der Waals surface area contributed by atoms with E-state index >= 15 is 0 Å². The Kier molecular flexibility index (Phi) is 5.71. The van der Waals surface area contributed by atoms with Crippen molar-refractivity contribution in [3.63, 3.8) is 0 Å². The summed E-state index contributed by atoms with van der Waals surface area (Å²) >= 11 is 1.03. The van der Waals surface area contributed by atoms with E-state index in [1.54, 1.807) is 24.3 Å². The van der Waals surface area contributed by atoms with Crippen LogP contribution in [0.3, 0.4) is 0 Å². The number of benzene rings is 1. The molecule has 0 saturated carbocycles. The number of aliphatic carboxylic acids is 1. The molecule has 0 aliphatic carbocycles. The van der Waals surface area contributed by atoms with Crippen molar-refractivity contribution in [1.82, 2.24) is 4.98 Å². The molecule has 1 aromatic carbocycles. The first kappa shape index (κ1) is 18.1. The summed E-state index contributed by atoms with van der Waals surface area (Å²) in [7, 11) is -3.81. The average Bonchev–Trinajstić information content (AvgIpc) is 2.93. The zero-order valence-corrected chi connectivity index (χ0v) is 14.3. The summed E-state index contributed by atoms with van der Waals surface area (Å²) in [6, 6.07) is 6.89. The summed E-state index contributed by atoms with van der Waals surface area (Å²) in [5.41, 5.74) is 7.28. The van der Waals surface area contributed by atoms with Gasteiger partial charge in [-0.3, -0.25) is 9.52 Å². The normalized spacial score (nSPS) is 12.5. The lowest BCUT2D eigenvalue weighted by Crippen LogP contribution is -2.20. The van der Waals surface area contributed by atoms with Crippen molar-refractivity contribution in [3.8, 4) is 0 Å². The third kappa shape index (κ3) is 4.40. The molecule has 0 spiro atoms. The predicted octanol–water partition coefficient (Wildman–Crippen LogP) is 1.90. The first-order valence-electron chi connectivity index (χ1n) is 6.95. The Morgan fingerprint density at radius 1 is 1.42 bits per heavy atom. The van der Waals surface area contributed by atoms with E-state index in [-0.39, 0.29) is 11.6 Å². The number of aromatic nitrogens is 1.